The lowest BCUT2D eigenvalue weighted by Crippen LogP contribution is -2.29. The maximum atomic E-state index is 12.6. The molecule has 3 heterocycles. The van der Waals surface area contributed by atoms with Gasteiger partial charge in [-0.2, -0.15) is 0 Å². The monoisotopic (exact) mass is 405 g/mol. The minimum absolute atomic E-state index is 0.00831. The van der Waals surface area contributed by atoms with E-state index in [1.807, 2.05) is 43.5 Å². The second kappa shape index (κ2) is 7.69. The normalized spacial score (nSPS) is 16.0. The zero-order valence-corrected chi connectivity index (χ0v) is 16.8. The highest BCUT2D eigenvalue weighted by Gasteiger charge is 2.32. The number of carboxylic acids is 1. The molecule has 7 nitrogen and oxygen atoms in total. The van der Waals surface area contributed by atoms with Crippen molar-refractivity contribution in [1.29, 1.82) is 0 Å². The second-order valence-electron chi connectivity index (χ2n) is 6.29. The van der Waals surface area contributed by atoms with Crippen LogP contribution in [0.15, 0.2) is 21.6 Å². The summed E-state index contributed by atoms with van der Waals surface area (Å²) in [7, 11) is 0. The van der Waals surface area contributed by atoms with Crippen molar-refractivity contribution in [2.24, 2.45) is 0 Å². The third-order valence-corrected chi connectivity index (χ3v) is 5.63. The Balaban J connectivity index is 1.84. The van der Waals surface area contributed by atoms with Crippen molar-refractivity contribution in [2.75, 3.05) is 6.54 Å². The SMILES string of the molecule is Cc1cc(-n2c(C)cc(/C=C3\SC(=S)N(CCCC(=O)O)C3=O)c2C)no1. The van der Waals surface area contributed by atoms with Crippen LogP contribution in [0.1, 0.15) is 35.6 Å². The fourth-order valence-electron chi connectivity index (χ4n) is 2.97. The third-order valence-electron chi connectivity index (χ3n) is 4.25. The first-order valence-electron chi connectivity index (χ1n) is 8.37. The standard InChI is InChI=1S/C18H19N3O4S2/c1-10-7-13(12(3)21(10)15-8-11(2)25-19-15)9-14-17(24)20(18(26)27-14)6-4-5-16(22)23/h7-9H,4-6H2,1-3H3,(H,22,23)/b14-9-. The maximum absolute atomic E-state index is 12.6. The summed E-state index contributed by atoms with van der Waals surface area (Å²) in [6, 6.07) is 3.84. The Morgan fingerprint density at radius 1 is 1.37 bits per heavy atom. The van der Waals surface area contributed by atoms with Crippen molar-refractivity contribution in [3.8, 4) is 5.82 Å². The molecule has 0 saturated carbocycles. The lowest BCUT2D eigenvalue weighted by Gasteiger charge is -2.13. The first-order chi connectivity index (χ1) is 12.8. The average molecular weight is 406 g/mol. The fourth-order valence-corrected chi connectivity index (χ4v) is 4.27. The van der Waals surface area contributed by atoms with Gasteiger partial charge in [0, 0.05) is 30.4 Å². The summed E-state index contributed by atoms with van der Waals surface area (Å²) >= 11 is 6.52. The van der Waals surface area contributed by atoms with Crippen LogP contribution in [0.3, 0.4) is 0 Å². The van der Waals surface area contributed by atoms with Gasteiger partial charge in [0.1, 0.15) is 10.1 Å². The molecule has 0 aliphatic carbocycles. The van der Waals surface area contributed by atoms with Crippen LogP contribution in [0.2, 0.25) is 0 Å². The molecule has 1 fully saturated rings. The molecule has 1 aliphatic rings. The number of amides is 1. The summed E-state index contributed by atoms with van der Waals surface area (Å²) in [5, 5.41) is 12.8. The van der Waals surface area contributed by atoms with Gasteiger partial charge in [-0.05, 0) is 44.9 Å². The molecule has 1 saturated heterocycles. The average Bonchev–Trinajstić information content (AvgIpc) is 3.20. The van der Waals surface area contributed by atoms with Gasteiger partial charge in [0.05, 0.1) is 4.91 Å². The van der Waals surface area contributed by atoms with E-state index in [9.17, 15) is 9.59 Å². The van der Waals surface area contributed by atoms with E-state index in [4.69, 9.17) is 21.8 Å². The Kier molecular flexibility index (Phi) is 5.52. The van der Waals surface area contributed by atoms with Gasteiger partial charge in [0.15, 0.2) is 5.82 Å². The van der Waals surface area contributed by atoms with E-state index in [0.29, 0.717) is 28.0 Å². The van der Waals surface area contributed by atoms with E-state index in [-0.39, 0.29) is 12.3 Å². The van der Waals surface area contributed by atoms with Crippen molar-refractivity contribution >= 4 is 46.3 Å². The Bertz CT molecular complexity index is 958. The number of aromatic nitrogens is 2. The van der Waals surface area contributed by atoms with Gasteiger partial charge < -0.3 is 9.63 Å². The molecule has 0 bridgehead atoms. The smallest absolute Gasteiger partial charge is 0.303 e. The Morgan fingerprint density at radius 2 is 2.11 bits per heavy atom. The Labute approximate surface area is 166 Å². The van der Waals surface area contributed by atoms with Gasteiger partial charge >= 0.3 is 5.97 Å². The topological polar surface area (TPSA) is 88.6 Å². The molecule has 1 amide bonds. The molecule has 142 valence electrons. The summed E-state index contributed by atoms with van der Waals surface area (Å²) in [5.41, 5.74) is 2.82. The molecule has 0 spiro atoms. The quantitative estimate of drug-likeness (QED) is 0.581. The summed E-state index contributed by atoms with van der Waals surface area (Å²) in [4.78, 5) is 25.3. The molecule has 0 atom stereocenters. The van der Waals surface area contributed by atoms with Crippen molar-refractivity contribution < 1.29 is 19.2 Å². The highest BCUT2D eigenvalue weighted by Crippen LogP contribution is 2.34. The Morgan fingerprint density at radius 3 is 2.74 bits per heavy atom. The van der Waals surface area contributed by atoms with Gasteiger partial charge in [-0.15, -0.1) is 0 Å². The number of carboxylic acid groups (broad SMARTS) is 1. The summed E-state index contributed by atoms with van der Waals surface area (Å²) < 4.78 is 7.59. The van der Waals surface area contributed by atoms with Gasteiger partial charge in [0.25, 0.3) is 5.91 Å². The molecule has 3 rings (SSSR count). The highest BCUT2D eigenvalue weighted by atomic mass is 32.2. The molecule has 2 aromatic rings. The largest absolute Gasteiger partial charge is 0.481 e. The minimum Gasteiger partial charge on any atom is -0.481 e. The molecular weight excluding hydrogens is 386 g/mol. The molecule has 9 heteroatoms. The van der Waals surface area contributed by atoms with Gasteiger partial charge in [-0.25, -0.2) is 0 Å². The maximum Gasteiger partial charge on any atom is 0.303 e. The van der Waals surface area contributed by atoms with Crippen LogP contribution in [-0.4, -0.2) is 42.5 Å². The Hall–Kier alpha value is -2.39. The van der Waals surface area contributed by atoms with Crippen molar-refractivity contribution in [1.82, 2.24) is 14.6 Å². The number of thioether (sulfide) groups is 1. The van der Waals surface area contributed by atoms with E-state index in [2.05, 4.69) is 5.16 Å². The zero-order valence-electron chi connectivity index (χ0n) is 15.2. The van der Waals surface area contributed by atoms with Crippen LogP contribution in [0.4, 0.5) is 0 Å². The first kappa shape index (κ1) is 19.4. The fraction of sp³-hybridized carbons (Fsp3) is 0.333. The molecule has 1 N–H and O–H groups in total. The van der Waals surface area contributed by atoms with Gasteiger partial charge in [-0.3, -0.25) is 19.1 Å². The number of hydrogen-bond acceptors (Lipinski definition) is 6. The van der Waals surface area contributed by atoms with Crippen molar-refractivity contribution in [3.63, 3.8) is 0 Å². The van der Waals surface area contributed by atoms with Crippen LogP contribution in [0, 0.1) is 20.8 Å². The molecule has 0 aromatic carbocycles. The first-order valence-corrected chi connectivity index (χ1v) is 9.60. The predicted octanol–water partition coefficient (Wildman–Crippen LogP) is 3.46. The van der Waals surface area contributed by atoms with E-state index in [1.54, 1.807) is 0 Å². The third kappa shape index (κ3) is 3.98. The zero-order chi connectivity index (χ0) is 19.7. The van der Waals surface area contributed by atoms with Crippen LogP contribution < -0.4 is 0 Å². The summed E-state index contributed by atoms with van der Waals surface area (Å²) in [6.45, 7) is 6.06. The number of aliphatic carboxylic acids is 1. The molecule has 1 aliphatic heterocycles. The highest BCUT2D eigenvalue weighted by molar-refractivity contribution is 8.26. The molecular formula is C18H19N3O4S2. The lowest BCUT2D eigenvalue weighted by molar-refractivity contribution is -0.137. The van der Waals surface area contributed by atoms with E-state index in [0.717, 1.165) is 22.7 Å². The predicted molar refractivity (Wildman–Crippen MR) is 107 cm³/mol. The van der Waals surface area contributed by atoms with Crippen molar-refractivity contribution in [2.45, 2.75) is 33.6 Å². The summed E-state index contributed by atoms with van der Waals surface area (Å²) in [6.07, 6.45) is 2.20. The van der Waals surface area contributed by atoms with Crippen LogP contribution in [0.5, 0.6) is 0 Å². The second-order valence-corrected chi connectivity index (χ2v) is 7.96. The number of nitrogens with zero attached hydrogens (tertiary/aromatic N) is 3. The van der Waals surface area contributed by atoms with Crippen LogP contribution in [-0.2, 0) is 9.59 Å². The van der Waals surface area contributed by atoms with Gasteiger partial charge in [-0.1, -0.05) is 29.1 Å². The number of thiocarbonyl (C=S) groups is 1. The molecule has 2 aromatic heterocycles. The molecule has 27 heavy (non-hydrogen) atoms. The number of hydrogen-bond donors (Lipinski definition) is 1. The van der Waals surface area contributed by atoms with Gasteiger partial charge in [0.2, 0.25) is 0 Å². The van der Waals surface area contributed by atoms with Crippen molar-refractivity contribution in [3.05, 3.63) is 39.7 Å². The van der Waals surface area contributed by atoms with E-state index in [1.165, 1.54) is 16.7 Å². The van der Waals surface area contributed by atoms with Crippen LogP contribution >= 0.6 is 24.0 Å². The number of carbonyl (C=O) groups is 2. The number of rotatable bonds is 6. The molecule has 0 unspecified atom stereocenters. The van der Waals surface area contributed by atoms with E-state index < -0.39 is 5.97 Å². The van der Waals surface area contributed by atoms with Crippen LogP contribution in [0.25, 0.3) is 11.9 Å². The number of aryl methyl sites for hydroxylation is 2. The molecule has 0 radical (unpaired) electrons. The lowest BCUT2D eigenvalue weighted by atomic mass is 10.2. The van der Waals surface area contributed by atoms with E-state index >= 15 is 0 Å². The minimum atomic E-state index is -0.883. The summed E-state index contributed by atoms with van der Waals surface area (Å²) in [5.74, 6) is 0.355. The number of carbonyl (C=O) groups excluding carboxylic acids is 1.